The van der Waals surface area contributed by atoms with E-state index in [1.54, 1.807) is 48.5 Å². The van der Waals surface area contributed by atoms with E-state index in [4.69, 9.17) is 19.9 Å². The van der Waals surface area contributed by atoms with Gasteiger partial charge in [0.05, 0.1) is 17.9 Å². The van der Waals surface area contributed by atoms with E-state index in [1.807, 2.05) is 0 Å². The first-order valence-corrected chi connectivity index (χ1v) is 10.8. The zero-order valence-corrected chi connectivity index (χ0v) is 18.7. The number of amides is 3. The highest BCUT2D eigenvalue weighted by molar-refractivity contribution is 6.15. The summed E-state index contributed by atoms with van der Waals surface area (Å²) in [4.78, 5) is 53.7. The molecule has 0 aromatic heterocycles. The van der Waals surface area contributed by atoms with Gasteiger partial charge in [0, 0.05) is 26.5 Å². The van der Waals surface area contributed by atoms with E-state index < -0.39 is 17.5 Å². The Bertz CT molecular complexity index is 1140. The van der Waals surface area contributed by atoms with Gasteiger partial charge in [-0.2, -0.15) is 0 Å². The predicted molar refractivity (Wildman–Crippen MR) is 120 cm³/mol. The van der Waals surface area contributed by atoms with E-state index in [0.717, 1.165) is 0 Å². The van der Waals surface area contributed by atoms with Crippen LogP contribution >= 0.6 is 0 Å². The van der Waals surface area contributed by atoms with Crippen molar-refractivity contribution in [1.29, 1.82) is 0 Å². The van der Waals surface area contributed by atoms with Crippen LogP contribution in [-0.2, 0) is 30.5 Å². The summed E-state index contributed by atoms with van der Waals surface area (Å²) >= 11 is 0. The fraction of sp³-hybridized carbons (Fsp3) is 0.333. The van der Waals surface area contributed by atoms with E-state index in [2.05, 4.69) is 0 Å². The number of para-hydroxylation sites is 1. The number of nitrogens with zero attached hydrogens (tertiary/aromatic N) is 2. The van der Waals surface area contributed by atoms with Crippen molar-refractivity contribution in [1.82, 2.24) is 4.90 Å². The molecule has 2 heterocycles. The lowest BCUT2D eigenvalue weighted by atomic mass is 9.96. The van der Waals surface area contributed by atoms with Gasteiger partial charge in [-0.15, -0.1) is 0 Å². The molecule has 1 saturated heterocycles. The van der Waals surface area contributed by atoms with E-state index in [-0.39, 0.29) is 51.0 Å². The Morgan fingerprint density at radius 1 is 1.12 bits per heavy atom. The van der Waals surface area contributed by atoms with Crippen LogP contribution in [-0.4, -0.2) is 61.1 Å². The minimum Gasteiger partial charge on any atom is -0.484 e. The molecule has 34 heavy (non-hydrogen) atoms. The van der Waals surface area contributed by atoms with E-state index in [0.29, 0.717) is 22.6 Å². The number of benzene rings is 2. The van der Waals surface area contributed by atoms with Gasteiger partial charge in [-0.1, -0.05) is 24.3 Å². The molecule has 0 bridgehead atoms. The molecule has 1 unspecified atom stereocenters. The SMILES string of the molecule is COCCN1C(=O)c2ccccc2N2C(=O)CCC12C(=O)OCc1cccc(OCC(N)=O)c1. The summed E-state index contributed by atoms with van der Waals surface area (Å²) in [5.41, 5.74) is 4.85. The van der Waals surface area contributed by atoms with Crippen molar-refractivity contribution in [2.45, 2.75) is 25.1 Å². The number of rotatable bonds is 9. The number of hydrogen-bond donors (Lipinski definition) is 1. The molecule has 1 fully saturated rings. The molecule has 10 heteroatoms. The second-order valence-corrected chi connectivity index (χ2v) is 7.99. The Balaban J connectivity index is 1.63. The van der Waals surface area contributed by atoms with Gasteiger partial charge in [0.2, 0.25) is 11.6 Å². The highest BCUT2D eigenvalue weighted by Crippen LogP contribution is 2.45. The van der Waals surface area contributed by atoms with Gasteiger partial charge in [-0.05, 0) is 29.8 Å². The Labute approximate surface area is 196 Å². The molecule has 2 aliphatic rings. The summed E-state index contributed by atoms with van der Waals surface area (Å²) < 4.78 is 16.1. The first-order chi connectivity index (χ1) is 16.4. The molecular formula is C24H25N3O7. The number of nitrogens with two attached hydrogens (primary N) is 1. The predicted octanol–water partition coefficient (Wildman–Crippen LogP) is 1.22. The van der Waals surface area contributed by atoms with Crippen LogP contribution in [0.25, 0.3) is 0 Å². The third-order valence-corrected chi connectivity index (χ3v) is 5.87. The first-order valence-electron chi connectivity index (χ1n) is 10.8. The van der Waals surface area contributed by atoms with Crippen LogP contribution in [0.15, 0.2) is 48.5 Å². The van der Waals surface area contributed by atoms with Crippen molar-refractivity contribution in [2.24, 2.45) is 5.73 Å². The Hall–Kier alpha value is -3.92. The third-order valence-electron chi connectivity index (χ3n) is 5.87. The molecule has 0 aliphatic carbocycles. The molecule has 0 saturated carbocycles. The van der Waals surface area contributed by atoms with Crippen LogP contribution < -0.4 is 15.4 Å². The average molecular weight is 467 g/mol. The number of anilines is 1. The monoisotopic (exact) mass is 467 g/mol. The molecule has 2 aromatic carbocycles. The van der Waals surface area contributed by atoms with Crippen molar-refractivity contribution in [2.75, 3.05) is 31.8 Å². The average Bonchev–Trinajstić information content (AvgIpc) is 3.19. The van der Waals surface area contributed by atoms with E-state index >= 15 is 0 Å². The van der Waals surface area contributed by atoms with Crippen LogP contribution in [0.1, 0.15) is 28.8 Å². The maximum atomic E-state index is 13.6. The molecule has 2 aliphatic heterocycles. The molecule has 10 nitrogen and oxygen atoms in total. The molecule has 1 atom stereocenters. The van der Waals surface area contributed by atoms with Gasteiger partial charge >= 0.3 is 5.97 Å². The molecule has 2 N–H and O–H groups in total. The highest BCUT2D eigenvalue weighted by Gasteiger charge is 2.61. The fourth-order valence-corrected chi connectivity index (χ4v) is 4.38. The molecule has 4 rings (SSSR count). The number of primary amides is 1. The lowest BCUT2D eigenvalue weighted by molar-refractivity contribution is -0.159. The lowest BCUT2D eigenvalue weighted by Crippen LogP contribution is -2.68. The van der Waals surface area contributed by atoms with Crippen molar-refractivity contribution in [3.8, 4) is 5.75 Å². The fourth-order valence-electron chi connectivity index (χ4n) is 4.38. The molecule has 178 valence electrons. The zero-order valence-electron chi connectivity index (χ0n) is 18.7. The van der Waals surface area contributed by atoms with Crippen LogP contribution in [0.3, 0.4) is 0 Å². The molecular weight excluding hydrogens is 442 g/mol. The largest absolute Gasteiger partial charge is 0.484 e. The standard InChI is InChI=1S/C24H25N3O7/c1-32-12-11-26-22(30)18-7-2-3-8-19(18)27-21(29)9-10-24(26,27)23(31)34-14-16-5-4-6-17(13-16)33-15-20(25)28/h2-8,13H,9-12,14-15H2,1H3,(H2,25,28). The quantitative estimate of drug-likeness (QED) is 0.549. The summed E-state index contributed by atoms with van der Waals surface area (Å²) in [6.45, 7) is -0.104. The number of carbonyl (C=O) groups is 4. The van der Waals surface area contributed by atoms with Gasteiger partial charge in [-0.3, -0.25) is 19.3 Å². The number of fused-ring (bicyclic) bond motifs is 3. The highest BCUT2D eigenvalue weighted by atomic mass is 16.5. The Morgan fingerprint density at radius 2 is 1.91 bits per heavy atom. The van der Waals surface area contributed by atoms with Gasteiger partial charge < -0.3 is 24.8 Å². The molecule has 3 amide bonds. The molecule has 0 spiro atoms. The topological polar surface area (TPSA) is 128 Å². The van der Waals surface area contributed by atoms with Crippen molar-refractivity contribution >= 4 is 29.4 Å². The van der Waals surface area contributed by atoms with Crippen molar-refractivity contribution in [3.05, 3.63) is 59.7 Å². The van der Waals surface area contributed by atoms with Crippen LogP contribution in [0.2, 0.25) is 0 Å². The number of carbonyl (C=O) groups excluding carboxylic acids is 4. The lowest BCUT2D eigenvalue weighted by Gasteiger charge is -2.48. The summed E-state index contributed by atoms with van der Waals surface area (Å²) in [6.07, 6.45) is 0.201. The first kappa shape index (κ1) is 23.2. The summed E-state index contributed by atoms with van der Waals surface area (Å²) in [6, 6.07) is 13.4. The number of hydrogen-bond acceptors (Lipinski definition) is 7. The third kappa shape index (κ3) is 4.08. The summed E-state index contributed by atoms with van der Waals surface area (Å²) in [5.74, 6) is -1.55. The number of esters is 1. The van der Waals surface area contributed by atoms with Gasteiger partial charge in [0.25, 0.3) is 11.8 Å². The van der Waals surface area contributed by atoms with Gasteiger partial charge in [-0.25, -0.2) is 4.79 Å². The van der Waals surface area contributed by atoms with Crippen molar-refractivity contribution in [3.63, 3.8) is 0 Å². The van der Waals surface area contributed by atoms with Crippen LogP contribution in [0, 0.1) is 0 Å². The van der Waals surface area contributed by atoms with Crippen LogP contribution in [0.5, 0.6) is 5.75 Å². The Morgan fingerprint density at radius 3 is 2.68 bits per heavy atom. The molecule has 2 aromatic rings. The molecule has 0 radical (unpaired) electrons. The number of methoxy groups -OCH3 is 1. The summed E-state index contributed by atoms with van der Waals surface area (Å²) in [7, 11) is 1.50. The van der Waals surface area contributed by atoms with Gasteiger partial charge in [0.15, 0.2) is 6.61 Å². The normalized spacial score (nSPS) is 19.0. The second kappa shape index (κ2) is 9.52. The maximum Gasteiger partial charge on any atom is 0.354 e. The van der Waals surface area contributed by atoms with Crippen molar-refractivity contribution < 1.29 is 33.4 Å². The van der Waals surface area contributed by atoms with Crippen LogP contribution in [0.4, 0.5) is 5.69 Å². The van der Waals surface area contributed by atoms with Gasteiger partial charge in [0.1, 0.15) is 12.4 Å². The number of ether oxygens (including phenoxy) is 3. The summed E-state index contributed by atoms with van der Waals surface area (Å²) in [5, 5.41) is 0. The second-order valence-electron chi connectivity index (χ2n) is 7.99. The Kier molecular flexibility index (Phi) is 6.51. The minimum absolute atomic E-state index is 0.0939. The smallest absolute Gasteiger partial charge is 0.354 e. The minimum atomic E-state index is -1.60. The zero-order chi connectivity index (χ0) is 24.3. The van der Waals surface area contributed by atoms with E-state index in [9.17, 15) is 19.2 Å². The van der Waals surface area contributed by atoms with E-state index in [1.165, 1.54) is 16.9 Å². The maximum absolute atomic E-state index is 13.6.